The van der Waals surface area contributed by atoms with E-state index in [2.05, 4.69) is 4.72 Å². The summed E-state index contributed by atoms with van der Waals surface area (Å²) < 4.78 is 42.7. The molecule has 0 atom stereocenters. The molecule has 0 spiro atoms. The maximum atomic E-state index is 13.0. The fourth-order valence-electron chi connectivity index (χ4n) is 1.78. The van der Waals surface area contributed by atoms with Gasteiger partial charge >= 0.3 is 5.97 Å². The Labute approximate surface area is 127 Å². The lowest BCUT2D eigenvalue weighted by Crippen LogP contribution is -2.11. The predicted molar refractivity (Wildman–Crippen MR) is 80.4 cm³/mol. The van der Waals surface area contributed by atoms with Crippen LogP contribution in [0.25, 0.3) is 0 Å². The minimum atomic E-state index is -3.42. The monoisotopic (exact) mass is 323 g/mol. The first-order valence-electron chi connectivity index (χ1n) is 6.33. The van der Waals surface area contributed by atoms with E-state index in [1.54, 1.807) is 6.07 Å². The van der Waals surface area contributed by atoms with Gasteiger partial charge in [-0.15, -0.1) is 0 Å². The summed E-state index contributed by atoms with van der Waals surface area (Å²) in [5, 5.41) is 0. The van der Waals surface area contributed by atoms with E-state index in [0.29, 0.717) is 5.56 Å². The minimum Gasteiger partial charge on any atom is -0.457 e. The van der Waals surface area contributed by atoms with Gasteiger partial charge in [0.25, 0.3) is 0 Å². The second-order valence-corrected chi connectivity index (χ2v) is 6.41. The van der Waals surface area contributed by atoms with Gasteiger partial charge in [-0.25, -0.2) is 17.6 Å². The number of anilines is 1. The van der Waals surface area contributed by atoms with Gasteiger partial charge in [-0.1, -0.05) is 18.2 Å². The second kappa shape index (κ2) is 6.57. The first-order chi connectivity index (χ1) is 10.3. The van der Waals surface area contributed by atoms with E-state index < -0.39 is 21.8 Å². The fourth-order valence-corrected chi connectivity index (χ4v) is 2.34. The van der Waals surface area contributed by atoms with E-state index in [0.717, 1.165) is 6.26 Å². The van der Waals surface area contributed by atoms with E-state index in [-0.39, 0.29) is 17.9 Å². The van der Waals surface area contributed by atoms with E-state index in [1.165, 1.54) is 42.5 Å². The first-order valence-corrected chi connectivity index (χ1v) is 8.22. The smallest absolute Gasteiger partial charge is 0.338 e. The lowest BCUT2D eigenvalue weighted by Gasteiger charge is -2.07. The van der Waals surface area contributed by atoms with Crippen LogP contribution in [0.1, 0.15) is 15.9 Å². The summed E-state index contributed by atoms with van der Waals surface area (Å²) in [6.45, 7) is -0.0691. The van der Waals surface area contributed by atoms with Crippen LogP contribution in [0.5, 0.6) is 0 Å². The van der Waals surface area contributed by atoms with Crippen LogP contribution in [0.2, 0.25) is 0 Å². The zero-order valence-electron chi connectivity index (χ0n) is 11.7. The molecule has 1 N–H and O–H groups in total. The van der Waals surface area contributed by atoms with Crippen molar-refractivity contribution in [3.8, 4) is 0 Å². The largest absolute Gasteiger partial charge is 0.457 e. The molecule has 0 amide bonds. The summed E-state index contributed by atoms with van der Waals surface area (Å²) >= 11 is 0. The number of carbonyl (C=O) groups is 1. The standard InChI is InChI=1S/C15H14FNO4S/c1-22(19,20)17-14-7-3-5-12(9-14)15(18)21-10-11-4-2-6-13(16)8-11/h2-9,17H,10H2,1H3. The zero-order valence-corrected chi connectivity index (χ0v) is 12.6. The van der Waals surface area contributed by atoms with E-state index in [9.17, 15) is 17.6 Å². The van der Waals surface area contributed by atoms with E-state index in [4.69, 9.17) is 4.74 Å². The Bertz CT molecular complexity index is 790. The van der Waals surface area contributed by atoms with Crippen molar-refractivity contribution in [2.45, 2.75) is 6.61 Å². The Morgan fingerprint density at radius 3 is 2.59 bits per heavy atom. The highest BCUT2D eigenvalue weighted by molar-refractivity contribution is 7.92. The average Bonchev–Trinajstić information content (AvgIpc) is 2.43. The Morgan fingerprint density at radius 1 is 1.18 bits per heavy atom. The summed E-state index contributed by atoms with van der Waals surface area (Å²) in [5.41, 5.74) is 0.992. The third-order valence-electron chi connectivity index (χ3n) is 2.66. The van der Waals surface area contributed by atoms with Crippen molar-refractivity contribution < 1.29 is 22.3 Å². The molecule has 0 saturated heterocycles. The number of hydrogen-bond donors (Lipinski definition) is 1. The van der Waals surface area contributed by atoms with Crippen LogP contribution >= 0.6 is 0 Å². The molecule has 0 fully saturated rings. The van der Waals surface area contributed by atoms with Crippen LogP contribution in [0.3, 0.4) is 0 Å². The second-order valence-electron chi connectivity index (χ2n) is 4.66. The van der Waals surface area contributed by atoms with Crippen molar-refractivity contribution in [1.29, 1.82) is 0 Å². The van der Waals surface area contributed by atoms with Crippen LogP contribution in [0.15, 0.2) is 48.5 Å². The quantitative estimate of drug-likeness (QED) is 0.858. The highest BCUT2D eigenvalue weighted by atomic mass is 32.2. The van der Waals surface area contributed by atoms with Crippen LogP contribution in [-0.2, 0) is 21.4 Å². The van der Waals surface area contributed by atoms with Gasteiger partial charge in [0.2, 0.25) is 10.0 Å². The van der Waals surface area contributed by atoms with Gasteiger partial charge in [0.05, 0.1) is 11.8 Å². The number of ether oxygens (including phenoxy) is 1. The molecule has 0 aliphatic rings. The Kier molecular flexibility index (Phi) is 4.77. The number of halogens is 1. The zero-order chi connectivity index (χ0) is 16.2. The summed E-state index contributed by atoms with van der Waals surface area (Å²) in [6, 6.07) is 11.7. The Hall–Kier alpha value is -2.41. The highest BCUT2D eigenvalue weighted by Gasteiger charge is 2.10. The number of nitrogens with one attached hydrogen (secondary N) is 1. The number of rotatable bonds is 5. The van der Waals surface area contributed by atoms with E-state index >= 15 is 0 Å². The normalized spacial score (nSPS) is 11.0. The van der Waals surface area contributed by atoms with Gasteiger partial charge < -0.3 is 4.74 Å². The van der Waals surface area contributed by atoms with Gasteiger partial charge in [0.15, 0.2) is 0 Å². The highest BCUT2D eigenvalue weighted by Crippen LogP contribution is 2.14. The maximum Gasteiger partial charge on any atom is 0.338 e. The fraction of sp³-hybridized carbons (Fsp3) is 0.133. The SMILES string of the molecule is CS(=O)(=O)Nc1cccc(C(=O)OCc2cccc(F)c2)c1. The summed E-state index contributed by atoms with van der Waals surface area (Å²) in [5.74, 6) is -1.03. The summed E-state index contributed by atoms with van der Waals surface area (Å²) in [6.07, 6.45) is 1.02. The molecule has 2 aromatic rings. The van der Waals surface area contributed by atoms with Gasteiger partial charge in [-0.3, -0.25) is 4.72 Å². The molecule has 22 heavy (non-hydrogen) atoms. The molecular weight excluding hydrogens is 309 g/mol. The number of esters is 1. The number of sulfonamides is 1. The molecular formula is C15H14FNO4S. The molecule has 7 heteroatoms. The van der Waals surface area contributed by atoms with Crippen LogP contribution in [-0.4, -0.2) is 20.6 Å². The molecule has 2 rings (SSSR count). The first kappa shape index (κ1) is 16.0. The van der Waals surface area contributed by atoms with Crippen molar-refractivity contribution in [3.63, 3.8) is 0 Å². The van der Waals surface area contributed by atoms with Gasteiger partial charge in [0.1, 0.15) is 12.4 Å². The topological polar surface area (TPSA) is 72.5 Å². The molecule has 5 nitrogen and oxygen atoms in total. The van der Waals surface area contributed by atoms with Crippen LogP contribution in [0.4, 0.5) is 10.1 Å². The van der Waals surface area contributed by atoms with Crippen LogP contribution < -0.4 is 4.72 Å². The van der Waals surface area contributed by atoms with Gasteiger partial charge in [-0.2, -0.15) is 0 Å². The number of benzene rings is 2. The van der Waals surface area contributed by atoms with Crippen molar-refractivity contribution in [2.24, 2.45) is 0 Å². The number of carbonyl (C=O) groups excluding carboxylic acids is 1. The molecule has 0 radical (unpaired) electrons. The average molecular weight is 323 g/mol. The van der Waals surface area contributed by atoms with Gasteiger partial charge in [-0.05, 0) is 35.9 Å². The molecule has 0 saturated carbocycles. The Balaban J connectivity index is 2.05. The molecule has 0 aromatic heterocycles. The molecule has 0 aliphatic heterocycles. The maximum absolute atomic E-state index is 13.0. The summed E-state index contributed by atoms with van der Waals surface area (Å²) in [7, 11) is -3.42. The molecule has 2 aromatic carbocycles. The van der Waals surface area contributed by atoms with E-state index in [1.807, 2.05) is 0 Å². The molecule has 0 heterocycles. The van der Waals surface area contributed by atoms with Crippen LogP contribution in [0, 0.1) is 5.82 Å². The lowest BCUT2D eigenvalue weighted by molar-refractivity contribution is 0.0472. The number of hydrogen-bond acceptors (Lipinski definition) is 4. The molecule has 116 valence electrons. The minimum absolute atomic E-state index is 0.0691. The summed E-state index contributed by atoms with van der Waals surface area (Å²) in [4.78, 5) is 11.9. The molecule has 0 aliphatic carbocycles. The molecule has 0 unspecified atom stereocenters. The van der Waals surface area contributed by atoms with Crippen molar-refractivity contribution in [1.82, 2.24) is 0 Å². The Morgan fingerprint density at radius 2 is 1.91 bits per heavy atom. The third-order valence-corrected chi connectivity index (χ3v) is 3.27. The van der Waals surface area contributed by atoms with Crippen molar-refractivity contribution in [2.75, 3.05) is 11.0 Å². The van der Waals surface area contributed by atoms with Gasteiger partial charge in [0, 0.05) is 5.69 Å². The van der Waals surface area contributed by atoms with Crippen molar-refractivity contribution >= 4 is 21.7 Å². The molecule has 0 bridgehead atoms. The predicted octanol–water partition coefficient (Wildman–Crippen LogP) is 2.55. The van der Waals surface area contributed by atoms with Crippen molar-refractivity contribution in [3.05, 3.63) is 65.5 Å². The third kappa shape index (κ3) is 4.85. The lowest BCUT2D eigenvalue weighted by atomic mass is 10.2.